The van der Waals surface area contributed by atoms with Crippen molar-refractivity contribution in [3.8, 4) is 5.75 Å². The summed E-state index contributed by atoms with van der Waals surface area (Å²) in [5.41, 5.74) is 1.11. The van der Waals surface area contributed by atoms with Gasteiger partial charge in [-0.2, -0.15) is 0 Å². The van der Waals surface area contributed by atoms with Crippen LogP contribution in [0, 0.1) is 5.82 Å². The molecule has 0 atom stereocenters. The van der Waals surface area contributed by atoms with Crippen LogP contribution in [0.1, 0.15) is 5.56 Å². The van der Waals surface area contributed by atoms with E-state index in [4.69, 9.17) is 9.84 Å². The summed E-state index contributed by atoms with van der Waals surface area (Å²) in [6.45, 7) is -0.0555. The highest BCUT2D eigenvalue weighted by molar-refractivity contribution is 5.73. The third-order valence-corrected chi connectivity index (χ3v) is 3.07. The molecule has 21 heavy (non-hydrogen) atoms. The molecule has 2 rings (SSSR count). The minimum atomic E-state index is -0.970. The molecule has 0 unspecified atom stereocenters. The molecular formula is C16H16FNO3. The number of hydrogen-bond donors (Lipinski definition) is 1. The van der Waals surface area contributed by atoms with E-state index in [1.165, 1.54) is 13.2 Å². The first-order chi connectivity index (χ1) is 10.1. The molecule has 110 valence electrons. The van der Waals surface area contributed by atoms with Crippen molar-refractivity contribution in [2.75, 3.05) is 18.6 Å². The number of carbonyl (C=O) groups is 1. The molecule has 0 aromatic heterocycles. The summed E-state index contributed by atoms with van der Waals surface area (Å²) < 4.78 is 19.1. The Labute approximate surface area is 122 Å². The van der Waals surface area contributed by atoms with E-state index in [1.807, 2.05) is 18.2 Å². The fraction of sp³-hybridized carbons (Fsp3) is 0.188. The average Bonchev–Trinajstić information content (AvgIpc) is 2.49. The summed E-state index contributed by atoms with van der Waals surface area (Å²) in [5, 5.41) is 9.03. The molecule has 0 spiro atoms. The number of benzene rings is 2. The van der Waals surface area contributed by atoms with Crippen molar-refractivity contribution in [3.05, 3.63) is 59.9 Å². The highest BCUT2D eigenvalue weighted by atomic mass is 19.1. The summed E-state index contributed by atoms with van der Waals surface area (Å²) in [6.07, 6.45) is 0. The molecule has 4 nitrogen and oxygen atoms in total. The lowest BCUT2D eigenvalue weighted by atomic mass is 10.1. The zero-order chi connectivity index (χ0) is 15.2. The Morgan fingerprint density at radius 1 is 1.19 bits per heavy atom. The monoisotopic (exact) mass is 289 g/mol. The van der Waals surface area contributed by atoms with Gasteiger partial charge in [0, 0.05) is 17.8 Å². The maximum absolute atomic E-state index is 14.2. The number of hydrogen-bond acceptors (Lipinski definition) is 3. The van der Waals surface area contributed by atoms with Gasteiger partial charge in [0.25, 0.3) is 0 Å². The van der Waals surface area contributed by atoms with Crippen molar-refractivity contribution in [3.63, 3.8) is 0 Å². The van der Waals surface area contributed by atoms with Crippen molar-refractivity contribution in [2.45, 2.75) is 6.54 Å². The number of carboxylic acids is 1. The van der Waals surface area contributed by atoms with Gasteiger partial charge in [-0.25, -0.2) is 4.39 Å². The van der Waals surface area contributed by atoms with E-state index in [9.17, 15) is 9.18 Å². The van der Waals surface area contributed by atoms with Crippen LogP contribution in [0.15, 0.2) is 48.5 Å². The van der Waals surface area contributed by atoms with Crippen molar-refractivity contribution in [1.29, 1.82) is 0 Å². The molecule has 0 radical (unpaired) electrons. The number of para-hydroxylation sites is 1. The number of aliphatic carboxylic acids is 1. The Balaban J connectivity index is 2.29. The molecule has 0 bridgehead atoms. The Hall–Kier alpha value is -2.56. The van der Waals surface area contributed by atoms with Gasteiger partial charge in [-0.05, 0) is 18.2 Å². The molecule has 0 heterocycles. The van der Waals surface area contributed by atoms with Crippen molar-refractivity contribution in [2.24, 2.45) is 0 Å². The maximum Gasteiger partial charge on any atom is 0.323 e. The lowest BCUT2D eigenvalue weighted by Crippen LogP contribution is -2.29. The van der Waals surface area contributed by atoms with Gasteiger partial charge >= 0.3 is 5.97 Å². The van der Waals surface area contributed by atoms with Crippen LogP contribution in [-0.2, 0) is 11.3 Å². The highest BCUT2D eigenvalue weighted by Gasteiger charge is 2.15. The number of ether oxygens (including phenoxy) is 1. The Kier molecular flexibility index (Phi) is 4.77. The molecule has 1 N–H and O–H groups in total. The van der Waals surface area contributed by atoms with Crippen LogP contribution in [0.5, 0.6) is 5.75 Å². The standard InChI is InChI=1S/C16H16FNO3/c1-21-14-9-5-6-12(16(14)17)10-18(11-15(19)20)13-7-3-2-4-8-13/h2-9H,10-11H2,1H3,(H,19,20). The van der Waals surface area contributed by atoms with Crippen LogP contribution in [0.2, 0.25) is 0 Å². The quantitative estimate of drug-likeness (QED) is 0.888. The minimum Gasteiger partial charge on any atom is -0.494 e. The summed E-state index contributed by atoms with van der Waals surface area (Å²) in [6, 6.07) is 13.9. The third-order valence-electron chi connectivity index (χ3n) is 3.07. The first-order valence-corrected chi connectivity index (χ1v) is 6.45. The van der Waals surface area contributed by atoms with Crippen molar-refractivity contribution < 1.29 is 19.0 Å². The zero-order valence-corrected chi connectivity index (χ0v) is 11.6. The van der Waals surface area contributed by atoms with E-state index in [0.717, 1.165) is 5.69 Å². The number of halogens is 1. The molecule has 0 saturated carbocycles. The van der Waals surface area contributed by atoms with Crippen LogP contribution in [0.3, 0.4) is 0 Å². The number of methoxy groups -OCH3 is 1. The van der Waals surface area contributed by atoms with E-state index >= 15 is 0 Å². The number of rotatable bonds is 6. The molecule has 0 aliphatic heterocycles. The van der Waals surface area contributed by atoms with Gasteiger partial charge in [0.1, 0.15) is 6.54 Å². The van der Waals surface area contributed by atoms with E-state index in [2.05, 4.69) is 0 Å². The van der Waals surface area contributed by atoms with Gasteiger partial charge in [0.05, 0.1) is 7.11 Å². The lowest BCUT2D eigenvalue weighted by Gasteiger charge is -2.23. The van der Waals surface area contributed by atoms with Crippen LogP contribution < -0.4 is 9.64 Å². The fourth-order valence-electron chi connectivity index (χ4n) is 2.08. The fourth-order valence-corrected chi connectivity index (χ4v) is 2.08. The van der Waals surface area contributed by atoms with Crippen LogP contribution in [0.4, 0.5) is 10.1 Å². The van der Waals surface area contributed by atoms with Gasteiger partial charge in [0.15, 0.2) is 11.6 Å². The smallest absolute Gasteiger partial charge is 0.323 e. The molecular weight excluding hydrogens is 273 g/mol. The second-order valence-electron chi connectivity index (χ2n) is 4.52. The summed E-state index contributed by atoms with van der Waals surface area (Å²) in [5.74, 6) is -1.29. The molecule has 0 fully saturated rings. The number of nitrogens with zero attached hydrogens (tertiary/aromatic N) is 1. The number of carboxylic acid groups (broad SMARTS) is 1. The van der Waals surface area contributed by atoms with E-state index in [-0.39, 0.29) is 18.8 Å². The van der Waals surface area contributed by atoms with Gasteiger partial charge in [0.2, 0.25) is 0 Å². The third kappa shape index (κ3) is 3.72. The topological polar surface area (TPSA) is 49.8 Å². The Morgan fingerprint density at radius 3 is 2.52 bits per heavy atom. The minimum absolute atomic E-state index is 0.149. The molecule has 2 aromatic carbocycles. The van der Waals surface area contributed by atoms with E-state index in [0.29, 0.717) is 5.56 Å². The van der Waals surface area contributed by atoms with Crippen molar-refractivity contribution in [1.82, 2.24) is 0 Å². The summed E-state index contributed by atoms with van der Waals surface area (Å²) in [4.78, 5) is 12.6. The molecule has 0 saturated heterocycles. The largest absolute Gasteiger partial charge is 0.494 e. The normalized spacial score (nSPS) is 10.2. The van der Waals surface area contributed by atoms with E-state index in [1.54, 1.807) is 29.2 Å². The molecule has 0 amide bonds. The van der Waals surface area contributed by atoms with Crippen LogP contribution in [0.25, 0.3) is 0 Å². The Morgan fingerprint density at radius 2 is 1.90 bits per heavy atom. The number of anilines is 1. The van der Waals surface area contributed by atoms with Gasteiger partial charge in [-0.1, -0.05) is 30.3 Å². The summed E-state index contributed by atoms with van der Waals surface area (Å²) in [7, 11) is 1.40. The highest BCUT2D eigenvalue weighted by Crippen LogP contribution is 2.23. The van der Waals surface area contributed by atoms with Crippen LogP contribution in [-0.4, -0.2) is 24.7 Å². The van der Waals surface area contributed by atoms with Gasteiger partial charge in [-0.3, -0.25) is 4.79 Å². The van der Waals surface area contributed by atoms with Gasteiger partial charge in [-0.15, -0.1) is 0 Å². The second-order valence-corrected chi connectivity index (χ2v) is 4.52. The molecule has 5 heteroatoms. The van der Waals surface area contributed by atoms with Gasteiger partial charge < -0.3 is 14.7 Å². The van der Waals surface area contributed by atoms with E-state index < -0.39 is 11.8 Å². The predicted octanol–water partition coefficient (Wildman–Crippen LogP) is 2.93. The first kappa shape index (κ1) is 14.8. The maximum atomic E-state index is 14.2. The lowest BCUT2D eigenvalue weighted by molar-refractivity contribution is -0.135. The molecule has 0 aliphatic carbocycles. The summed E-state index contributed by atoms with van der Waals surface area (Å²) >= 11 is 0. The first-order valence-electron chi connectivity index (χ1n) is 6.45. The Bertz CT molecular complexity index is 616. The van der Waals surface area contributed by atoms with Crippen LogP contribution >= 0.6 is 0 Å². The second kappa shape index (κ2) is 6.74. The molecule has 0 aliphatic rings. The molecule has 2 aromatic rings. The van der Waals surface area contributed by atoms with Crippen molar-refractivity contribution >= 4 is 11.7 Å². The predicted molar refractivity (Wildman–Crippen MR) is 78.1 cm³/mol. The average molecular weight is 289 g/mol. The zero-order valence-electron chi connectivity index (χ0n) is 11.6. The SMILES string of the molecule is COc1cccc(CN(CC(=O)O)c2ccccc2)c1F.